The van der Waals surface area contributed by atoms with Crippen molar-refractivity contribution in [3.8, 4) is 17.6 Å². The summed E-state index contributed by atoms with van der Waals surface area (Å²) in [6.07, 6.45) is 1.70. The highest BCUT2D eigenvalue weighted by molar-refractivity contribution is 6.32. The number of rotatable bonds is 3. The highest BCUT2D eigenvalue weighted by atomic mass is 35.5. The van der Waals surface area contributed by atoms with Crippen molar-refractivity contribution in [3.63, 3.8) is 0 Å². The Labute approximate surface area is 122 Å². The maximum absolute atomic E-state index is 9.56. The molecule has 0 aliphatic rings. The van der Waals surface area contributed by atoms with E-state index in [-0.39, 0.29) is 5.75 Å². The summed E-state index contributed by atoms with van der Waals surface area (Å²) in [6, 6.07) is 14.2. The summed E-state index contributed by atoms with van der Waals surface area (Å²) in [6.45, 7) is 0. The molecule has 0 heterocycles. The Bertz CT molecular complexity index is 702. The zero-order chi connectivity index (χ0) is 14.5. The van der Waals surface area contributed by atoms with Crippen LogP contribution in [0.5, 0.6) is 11.5 Å². The van der Waals surface area contributed by atoms with Gasteiger partial charge in [-0.1, -0.05) is 35.9 Å². The molecule has 2 rings (SSSR count). The lowest BCUT2D eigenvalue weighted by Crippen LogP contribution is -1.86. The molecule has 0 aliphatic carbocycles. The molecule has 100 valence electrons. The highest BCUT2D eigenvalue weighted by Gasteiger charge is 2.07. The van der Waals surface area contributed by atoms with Gasteiger partial charge < -0.3 is 9.84 Å². The second-order valence-electron chi connectivity index (χ2n) is 4.08. The van der Waals surface area contributed by atoms with Crippen molar-refractivity contribution in [1.82, 2.24) is 0 Å². The van der Waals surface area contributed by atoms with E-state index in [1.807, 2.05) is 12.1 Å². The monoisotopic (exact) mass is 285 g/mol. The molecule has 0 bridgehead atoms. The van der Waals surface area contributed by atoms with E-state index in [0.29, 0.717) is 21.9 Å². The van der Waals surface area contributed by atoms with E-state index in [9.17, 15) is 10.4 Å². The Morgan fingerprint density at radius 1 is 1.30 bits per heavy atom. The van der Waals surface area contributed by atoms with Crippen molar-refractivity contribution in [2.24, 2.45) is 0 Å². The molecule has 0 atom stereocenters. The van der Waals surface area contributed by atoms with Crippen LogP contribution in [0.1, 0.15) is 11.1 Å². The molecular formula is C16H12ClNO2. The molecule has 2 aromatic rings. The molecule has 0 aliphatic heterocycles. The molecule has 20 heavy (non-hydrogen) atoms. The number of ether oxygens (including phenoxy) is 1. The number of phenolic OH excluding ortho intramolecular Hbond substituents is 1. The van der Waals surface area contributed by atoms with Crippen LogP contribution >= 0.6 is 11.6 Å². The second kappa shape index (κ2) is 6.14. The fourth-order valence-electron chi connectivity index (χ4n) is 1.80. The van der Waals surface area contributed by atoms with Gasteiger partial charge in [0, 0.05) is 10.6 Å². The first kappa shape index (κ1) is 14.0. The average molecular weight is 286 g/mol. The van der Waals surface area contributed by atoms with Gasteiger partial charge in [0.2, 0.25) is 0 Å². The molecule has 0 amide bonds. The number of nitriles is 1. The van der Waals surface area contributed by atoms with E-state index in [0.717, 1.165) is 5.56 Å². The van der Waals surface area contributed by atoms with Crippen LogP contribution in [0.25, 0.3) is 11.6 Å². The molecular weight excluding hydrogens is 274 g/mol. The Kier molecular flexibility index (Phi) is 4.29. The highest BCUT2D eigenvalue weighted by Crippen LogP contribution is 2.29. The van der Waals surface area contributed by atoms with Gasteiger partial charge in [-0.15, -0.1) is 0 Å². The minimum Gasteiger partial charge on any atom is -0.504 e. The van der Waals surface area contributed by atoms with Crippen molar-refractivity contribution in [2.45, 2.75) is 0 Å². The molecule has 0 radical (unpaired) electrons. The molecule has 3 nitrogen and oxygen atoms in total. The third-order valence-electron chi connectivity index (χ3n) is 2.80. The minimum atomic E-state index is 0.0564. The van der Waals surface area contributed by atoms with Gasteiger partial charge >= 0.3 is 0 Å². The fourth-order valence-corrected chi connectivity index (χ4v) is 2.04. The molecule has 4 heteroatoms. The third-order valence-corrected chi connectivity index (χ3v) is 3.13. The Morgan fingerprint density at radius 2 is 2.05 bits per heavy atom. The van der Waals surface area contributed by atoms with Crippen LogP contribution in [0.2, 0.25) is 5.02 Å². The van der Waals surface area contributed by atoms with Crippen LogP contribution in [-0.2, 0) is 0 Å². The topological polar surface area (TPSA) is 53.2 Å². The smallest absolute Gasteiger partial charge is 0.161 e. The minimum absolute atomic E-state index is 0.0564. The van der Waals surface area contributed by atoms with Crippen LogP contribution in [0.3, 0.4) is 0 Å². The van der Waals surface area contributed by atoms with Gasteiger partial charge in [-0.05, 0) is 29.8 Å². The first-order valence-electron chi connectivity index (χ1n) is 5.89. The van der Waals surface area contributed by atoms with E-state index in [2.05, 4.69) is 6.07 Å². The van der Waals surface area contributed by atoms with Gasteiger partial charge in [-0.2, -0.15) is 5.26 Å². The predicted octanol–water partition coefficient (Wildman–Crippen LogP) is 4.12. The summed E-state index contributed by atoms with van der Waals surface area (Å²) in [5, 5.41) is 19.4. The first-order chi connectivity index (χ1) is 9.65. The molecule has 0 spiro atoms. The number of halogens is 1. The van der Waals surface area contributed by atoms with Crippen LogP contribution < -0.4 is 4.74 Å². The zero-order valence-corrected chi connectivity index (χ0v) is 11.6. The van der Waals surface area contributed by atoms with Gasteiger partial charge in [0.1, 0.15) is 0 Å². The standard InChI is InChI=1S/C16H12ClNO2/c1-20-16-9-11(6-7-15(16)19)8-12(10-18)13-4-2-3-5-14(13)17/h2-9,19H,1H3. The Hall–Kier alpha value is -2.44. The number of methoxy groups -OCH3 is 1. The summed E-state index contributed by atoms with van der Waals surface area (Å²) in [5.74, 6) is 0.413. The van der Waals surface area contributed by atoms with Crippen molar-refractivity contribution < 1.29 is 9.84 Å². The van der Waals surface area contributed by atoms with Crippen molar-refractivity contribution in [2.75, 3.05) is 7.11 Å². The third kappa shape index (κ3) is 2.93. The number of benzene rings is 2. The number of aromatic hydroxyl groups is 1. The van der Waals surface area contributed by atoms with Gasteiger partial charge in [0.15, 0.2) is 11.5 Å². The van der Waals surface area contributed by atoms with E-state index in [1.54, 1.807) is 30.3 Å². The van der Waals surface area contributed by atoms with Crippen LogP contribution in [0.4, 0.5) is 0 Å². The van der Waals surface area contributed by atoms with Crippen molar-refractivity contribution >= 4 is 23.3 Å². The molecule has 0 saturated heterocycles. The summed E-state index contributed by atoms with van der Waals surface area (Å²) in [7, 11) is 1.47. The maximum atomic E-state index is 9.56. The average Bonchev–Trinajstić information content (AvgIpc) is 2.47. The van der Waals surface area contributed by atoms with Gasteiger partial charge in [-0.3, -0.25) is 0 Å². The largest absolute Gasteiger partial charge is 0.504 e. The summed E-state index contributed by atoms with van der Waals surface area (Å²) < 4.78 is 5.04. The normalized spacial score (nSPS) is 10.9. The van der Waals surface area contributed by atoms with E-state index in [4.69, 9.17) is 16.3 Å². The van der Waals surface area contributed by atoms with Gasteiger partial charge in [0.05, 0.1) is 18.8 Å². The van der Waals surface area contributed by atoms with Crippen LogP contribution in [0.15, 0.2) is 42.5 Å². The quantitative estimate of drug-likeness (QED) is 0.682. The van der Waals surface area contributed by atoms with E-state index >= 15 is 0 Å². The maximum Gasteiger partial charge on any atom is 0.161 e. The molecule has 0 fully saturated rings. The van der Waals surface area contributed by atoms with Crippen LogP contribution in [-0.4, -0.2) is 12.2 Å². The number of hydrogen-bond acceptors (Lipinski definition) is 3. The molecule has 2 aromatic carbocycles. The van der Waals surface area contributed by atoms with Crippen molar-refractivity contribution in [3.05, 3.63) is 58.6 Å². The van der Waals surface area contributed by atoms with E-state index in [1.165, 1.54) is 13.2 Å². The lowest BCUT2D eigenvalue weighted by Gasteiger charge is -2.05. The Balaban J connectivity index is 2.47. The summed E-state index contributed by atoms with van der Waals surface area (Å²) in [4.78, 5) is 0. The molecule has 0 saturated carbocycles. The number of phenols is 1. The van der Waals surface area contributed by atoms with E-state index < -0.39 is 0 Å². The number of nitrogens with zero attached hydrogens (tertiary/aromatic N) is 1. The number of allylic oxidation sites excluding steroid dienone is 1. The SMILES string of the molecule is COc1cc(C=C(C#N)c2ccccc2Cl)ccc1O. The lowest BCUT2D eigenvalue weighted by atomic mass is 10.0. The Morgan fingerprint density at radius 3 is 2.70 bits per heavy atom. The predicted molar refractivity (Wildman–Crippen MR) is 79.6 cm³/mol. The van der Waals surface area contributed by atoms with Gasteiger partial charge in [0.25, 0.3) is 0 Å². The molecule has 0 aromatic heterocycles. The lowest BCUT2D eigenvalue weighted by molar-refractivity contribution is 0.373. The fraction of sp³-hybridized carbons (Fsp3) is 0.0625. The summed E-state index contributed by atoms with van der Waals surface area (Å²) >= 11 is 6.09. The summed E-state index contributed by atoms with van der Waals surface area (Å²) in [5.41, 5.74) is 1.86. The van der Waals surface area contributed by atoms with Crippen LogP contribution in [0, 0.1) is 11.3 Å². The number of hydrogen-bond donors (Lipinski definition) is 1. The van der Waals surface area contributed by atoms with Gasteiger partial charge in [-0.25, -0.2) is 0 Å². The zero-order valence-electron chi connectivity index (χ0n) is 10.8. The second-order valence-corrected chi connectivity index (χ2v) is 4.49. The molecule has 0 unspecified atom stereocenters. The first-order valence-corrected chi connectivity index (χ1v) is 6.27. The molecule has 1 N–H and O–H groups in total. The van der Waals surface area contributed by atoms with Crippen molar-refractivity contribution in [1.29, 1.82) is 5.26 Å².